The molecule has 20 heteroatoms. The van der Waals surface area contributed by atoms with Gasteiger partial charge in [-0.1, -0.05) is 50.2 Å². The zero-order valence-electron chi connectivity index (χ0n) is 35.3. The smallest absolute Gasteiger partial charge is 0.326 e. The number of carbonyl (C=O) groups is 7. The molecule has 0 spiro atoms. The molecule has 6 amide bonds. The summed E-state index contributed by atoms with van der Waals surface area (Å²) in [6, 6.07) is 9.37. The van der Waals surface area contributed by atoms with Gasteiger partial charge in [-0.3, -0.25) is 28.8 Å². The van der Waals surface area contributed by atoms with Crippen LogP contribution in [-0.4, -0.2) is 108 Å². The zero-order chi connectivity index (χ0) is 46.9. The van der Waals surface area contributed by atoms with E-state index in [9.17, 15) is 54.0 Å². The lowest BCUT2D eigenvalue weighted by Crippen LogP contribution is -2.60. The minimum Gasteiger partial charge on any atom is -0.508 e. The van der Waals surface area contributed by atoms with Crippen LogP contribution in [0.15, 0.2) is 85.3 Å². The van der Waals surface area contributed by atoms with Crippen molar-refractivity contribution in [3.63, 3.8) is 0 Å². The summed E-state index contributed by atoms with van der Waals surface area (Å²) >= 11 is 0. The molecule has 1 aromatic heterocycles. The number of imidazole rings is 1. The molecular weight excluding hydrogens is 831 g/mol. The Bertz CT molecular complexity index is 2200. The number of phenolic OH excluding ortho intramolecular Hbond substituents is 3. The fourth-order valence-electron chi connectivity index (χ4n) is 6.55. The molecule has 0 fully saturated rings. The number of hydrogen-bond donors (Lipinski definition) is 12. The second-order valence-electron chi connectivity index (χ2n) is 15.8. The molecule has 0 saturated heterocycles. The number of aromatic hydroxyl groups is 3. The van der Waals surface area contributed by atoms with Gasteiger partial charge in [0.2, 0.25) is 35.4 Å². The number of carboxylic acids is 1. The van der Waals surface area contributed by atoms with E-state index in [1.807, 2.05) is 0 Å². The predicted molar refractivity (Wildman–Crippen MR) is 231 cm³/mol. The van der Waals surface area contributed by atoms with Crippen molar-refractivity contribution in [1.29, 1.82) is 0 Å². The molecule has 3 aromatic carbocycles. The Morgan fingerprint density at radius 3 is 1.34 bits per heavy atom. The molecule has 0 unspecified atom stereocenters. The maximum Gasteiger partial charge on any atom is 0.326 e. The molecule has 4 rings (SSSR count). The third-order valence-electron chi connectivity index (χ3n) is 10.00. The molecule has 342 valence electrons. The Morgan fingerprint density at radius 1 is 0.578 bits per heavy atom. The number of aliphatic carboxylic acids is 1. The number of rotatable bonds is 24. The predicted octanol–water partition coefficient (Wildman–Crippen LogP) is -0.0554. The summed E-state index contributed by atoms with van der Waals surface area (Å²) in [7, 11) is 0. The van der Waals surface area contributed by atoms with E-state index in [-0.39, 0.29) is 68.1 Å². The second-order valence-corrected chi connectivity index (χ2v) is 15.8. The van der Waals surface area contributed by atoms with Crippen LogP contribution in [0.1, 0.15) is 55.5 Å². The van der Waals surface area contributed by atoms with E-state index in [0.717, 1.165) is 0 Å². The second kappa shape index (κ2) is 23.7. The number of hydrogen-bond acceptors (Lipinski definition) is 12. The Hall–Kier alpha value is -7.48. The molecule has 0 aliphatic carbocycles. The molecule has 6 atom stereocenters. The fourth-order valence-corrected chi connectivity index (χ4v) is 6.55. The van der Waals surface area contributed by atoms with Gasteiger partial charge in [-0.05, 0) is 71.8 Å². The van der Waals surface area contributed by atoms with Crippen molar-refractivity contribution in [3.8, 4) is 17.2 Å². The monoisotopic (exact) mass is 885 g/mol. The van der Waals surface area contributed by atoms with Gasteiger partial charge in [-0.2, -0.15) is 0 Å². The summed E-state index contributed by atoms with van der Waals surface area (Å²) in [5, 5.41) is 52.5. The van der Waals surface area contributed by atoms with Crippen LogP contribution in [0.5, 0.6) is 17.2 Å². The fraction of sp³-hybridized carbons (Fsp3) is 0.364. The maximum atomic E-state index is 14.3. The summed E-state index contributed by atoms with van der Waals surface area (Å²) in [4.78, 5) is 100. The van der Waals surface area contributed by atoms with Crippen molar-refractivity contribution >= 4 is 41.4 Å². The molecular formula is C44H55N9O11. The molecule has 64 heavy (non-hydrogen) atoms. The van der Waals surface area contributed by atoms with Crippen LogP contribution in [0, 0.1) is 5.92 Å². The molecule has 0 radical (unpaired) electrons. The molecule has 4 aromatic rings. The van der Waals surface area contributed by atoms with Crippen LogP contribution >= 0.6 is 0 Å². The van der Waals surface area contributed by atoms with E-state index < -0.39 is 77.7 Å². The molecule has 14 N–H and O–H groups in total. The SMILES string of the molecule is CC(C)C[C@H](NC(=O)[C@H](Cc1ccc(O)cc1)NC(=O)[C@@H](N)CCC(N)=O)C(=O)N[C@@H](Cc1ccc(O)cc1)C(=O)N[C@@H](Cc1cnc[nH]1)C(=O)N[C@@H](Cc1ccc(O)cc1)C(=O)O. The van der Waals surface area contributed by atoms with Crippen LogP contribution in [-0.2, 0) is 59.2 Å². The van der Waals surface area contributed by atoms with Crippen LogP contribution in [0.25, 0.3) is 0 Å². The summed E-state index contributed by atoms with van der Waals surface area (Å²) in [5.41, 5.74) is 13.1. The van der Waals surface area contributed by atoms with Gasteiger partial charge in [-0.25, -0.2) is 9.78 Å². The number of aromatic nitrogens is 2. The summed E-state index contributed by atoms with van der Waals surface area (Å²) in [6.07, 6.45) is 1.96. The highest BCUT2D eigenvalue weighted by Gasteiger charge is 2.34. The number of carboxylic acid groups (broad SMARTS) is 1. The Labute approximate surface area is 368 Å². The van der Waals surface area contributed by atoms with E-state index >= 15 is 0 Å². The third kappa shape index (κ3) is 16.1. The van der Waals surface area contributed by atoms with Gasteiger partial charge in [0.25, 0.3) is 0 Å². The first-order chi connectivity index (χ1) is 30.4. The average Bonchev–Trinajstić information content (AvgIpc) is 3.76. The number of primary amides is 1. The molecule has 0 bridgehead atoms. The number of carbonyl (C=O) groups excluding carboxylic acids is 6. The summed E-state index contributed by atoms with van der Waals surface area (Å²) in [5.74, 6) is -6.45. The quantitative estimate of drug-likeness (QED) is 0.0440. The summed E-state index contributed by atoms with van der Waals surface area (Å²) in [6.45, 7) is 3.59. The van der Waals surface area contributed by atoms with E-state index in [1.54, 1.807) is 13.8 Å². The van der Waals surface area contributed by atoms with Crippen molar-refractivity contribution < 1.29 is 54.0 Å². The Balaban J connectivity index is 1.61. The highest BCUT2D eigenvalue weighted by atomic mass is 16.4. The lowest BCUT2D eigenvalue weighted by atomic mass is 9.99. The van der Waals surface area contributed by atoms with Crippen molar-refractivity contribution in [2.24, 2.45) is 17.4 Å². The van der Waals surface area contributed by atoms with Gasteiger partial charge in [0.15, 0.2) is 0 Å². The lowest BCUT2D eigenvalue weighted by Gasteiger charge is -2.28. The van der Waals surface area contributed by atoms with Crippen LogP contribution in [0.2, 0.25) is 0 Å². The lowest BCUT2D eigenvalue weighted by molar-refractivity contribution is -0.142. The Morgan fingerprint density at radius 2 is 0.953 bits per heavy atom. The van der Waals surface area contributed by atoms with Gasteiger partial charge >= 0.3 is 5.97 Å². The van der Waals surface area contributed by atoms with Gasteiger partial charge in [0, 0.05) is 44.0 Å². The van der Waals surface area contributed by atoms with Crippen molar-refractivity contribution in [3.05, 3.63) is 108 Å². The first-order valence-corrected chi connectivity index (χ1v) is 20.5. The number of H-pyrrole nitrogens is 1. The van der Waals surface area contributed by atoms with E-state index in [0.29, 0.717) is 22.4 Å². The number of amides is 6. The molecule has 1 heterocycles. The number of phenols is 3. The number of nitrogens with zero attached hydrogens (tertiary/aromatic N) is 1. The minimum absolute atomic E-state index is 0.0347. The zero-order valence-corrected chi connectivity index (χ0v) is 35.3. The van der Waals surface area contributed by atoms with Crippen LogP contribution in [0.4, 0.5) is 0 Å². The van der Waals surface area contributed by atoms with Crippen molar-refractivity contribution in [2.45, 2.75) is 95.0 Å². The molecule has 0 aliphatic heterocycles. The maximum absolute atomic E-state index is 14.3. The van der Waals surface area contributed by atoms with E-state index in [1.165, 1.54) is 85.3 Å². The van der Waals surface area contributed by atoms with Crippen LogP contribution < -0.4 is 38.1 Å². The number of aromatic amines is 1. The largest absolute Gasteiger partial charge is 0.508 e. The highest BCUT2D eigenvalue weighted by Crippen LogP contribution is 2.16. The first-order valence-electron chi connectivity index (χ1n) is 20.5. The topological polar surface area (TPSA) is 341 Å². The third-order valence-corrected chi connectivity index (χ3v) is 10.00. The average molecular weight is 886 g/mol. The van der Waals surface area contributed by atoms with Crippen molar-refractivity contribution in [2.75, 3.05) is 0 Å². The normalized spacial score (nSPS) is 13.9. The van der Waals surface area contributed by atoms with E-state index in [4.69, 9.17) is 11.5 Å². The number of benzene rings is 3. The number of nitrogens with two attached hydrogens (primary N) is 2. The Kier molecular flexibility index (Phi) is 18.2. The van der Waals surface area contributed by atoms with Crippen molar-refractivity contribution in [1.82, 2.24) is 36.6 Å². The minimum atomic E-state index is -1.44. The van der Waals surface area contributed by atoms with Crippen LogP contribution in [0.3, 0.4) is 0 Å². The van der Waals surface area contributed by atoms with Gasteiger partial charge in [0.05, 0.1) is 12.4 Å². The molecule has 20 nitrogen and oxygen atoms in total. The first kappa shape index (κ1) is 49.2. The van der Waals surface area contributed by atoms with Gasteiger partial charge in [0.1, 0.15) is 47.5 Å². The standard InChI is InChI=1S/C44H55N9O11/c1-24(2)17-33(50-41(60)34(18-25-3-9-29(54)10-4-25)49-39(58)32(45)15-16-38(46)57)40(59)51-35(19-26-5-11-30(55)12-6-26)42(61)52-36(21-28-22-47-23-48-28)43(62)53-37(44(63)64)20-27-7-13-31(56)14-8-27/h3-14,22-24,32-37,54-56H,15-21,45H2,1-2H3,(H2,46,57)(H,47,48)(H,49,58)(H,50,60)(H,51,59)(H,52,61)(H,53,62)(H,63,64)/t32-,33-,34-,35-,36-,37-/m0/s1. The van der Waals surface area contributed by atoms with Gasteiger partial charge in [-0.15, -0.1) is 0 Å². The molecule has 0 saturated carbocycles. The van der Waals surface area contributed by atoms with Gasteiger partial charge < -0.3 is 63.5 Å². The summed E-state index contributed by atoms with van der Waals surface area (Å²) < 4.78 is 0. The van der Waals surface area contributed by atoms with E-state index in [2.05, 4.69) is 36.6 Å². The molecule has 0 aliphatic rings. The highest BCUT2D eigenvalue weighted by molar-refractivity contribution is 5.96. The number of nitrogens with one attached hydrogen (secondary N) is 6.